The topological polar surface area (TPSA) is 37.0 Å². The quantitative estimate of drug-likeness (QED) is 0.789. The molecule has 0 saturated carbocycles. The van der Waals surface area contributed by atoms with Crippen molar-refractivity contribution < 1.29 is 9.47 Å². The summed E-state index contributed by atoms with van der Waals surface area (Å²) in [6.07, 6.45) is 0. The molecule has 5 nitrogen and oxygen atoms in total. The Bertz CT molecular complexity index is 825. The van der Waals surface area contributed by atoms with Crippen LogP contribution in [0.15, 0.2) is 42.5 Å². The van der Waals surface area contributed by atoms with Gasteiger partial charge in [-0.05, 0) is 36.0 Å². The van der Waals surface area contributed by atoms with E-state index in [1.807, 2.05) is 36.4 Å². The normalized spacial score (nSPS) is 16.9. The maximum absolute atomic E-state index is 6.28. The highest BCUT2D eigenvalue weighted by Crippen LogP contribution is 2.32. The van der Waals surface area contributed by atoms with Gasteiger partial charge in [-0.15, -0.1) is 0 Å². The van der Waals surface area contributed by atoms with Crippen LogP contribution in [-0.4, -0.2) is 54.3 Å². The van der Waals surface area contributed by atoms with Crippen LogP contribution in [0.4, 0.5) is 5.69 Å². The Labute approximate surface area is 169 Å². The van der Waals surface area contributed by atoms with Gasteiger partial charge in [0.15, 0.2) is 16.6 Å². The van der Waals surface area contributed by atoms with E-state index in [4.69, 9.17) is 33.3 Å². The van der Waals surface area contributed by atoms with Crippen LogP contribution >= 0.6 is 23.8 Å². The maximum Gasteiger partial charge on any atom is 0.173 e. The van der Waals surface area contributed by atoms with Gasteiger partial charge in [-0.3, -0.25) is 4.90 Å². The summed E-state index contributed by atoms with van der Waals surface area (Å²) in [6, 6.07) is 13.8. The molecule has 2 aliphatic heterocycles. The highest BCUT2D eigenvalue weighted by Gasteiger charge is 2.20. The van der Waals surface area contributed by atoms with Gasteiger partial charge in [0.1, 0.15) is 13.2 Å². The smallest absolute Gasteiger partial charge is 0.173 e. The molecule has 2 aliphatic rings. The zero-order valence-electron chi connectivity index (χ0n) is 15.0. The number of halogens is 1. The van der Waals surface area contributed by atoms with E-state index in [1.54, 1.807) is 0 Å². The first-order valence-corrected chi connectivity index (χ1v) is 9.89. The Balaban J connectivity index is 1.30. The highest BCUT2D eigenvalue weighted by atomic mass is 35.5. The fraction of sp³-hybridized carbons (Fsp3) is 0.350. The number of nitrogens with one attached hydrogen (secondary N) is 1. The monoisotopic (exact) mass is 403 g/mol. The zero-order valence-corrected chi connectivity index (χ0v) is 16.6. The fourth-order valence-electron chi connectivity index (χ4n) is 3.30. The third kappa shape index (κ3) is 4.46. The predicted molar refractivity (Wildman–Crippen MR) is 112 cm³/mol. The maximum atomic E-state index is 6.28. The number of thiocarbonyl (C=S) groups is 1. The number of hydrogen-bond donors (Lipinski definition) is 1. The van der Waals surface area contributed by atoms with Crippen molar-refractivity contribution in [3.63, 3.8) is 0 Å². The molecule has 1 fully saturated rings. The Morgan fingerprint density at radius 1 is 1.00 bits per heavy atom. The third-order valence-electron chi connectivity index (χ3n) is 4.80. The lowest BCUT2D eigenvalue weighted by Gasteiger charge is -2.36. The van der Waals surface area contributed by atoms with Crippen molar-refractivity contribution >= 4 is 34.6 Å². The van der Waals surface area contributed by atoms with E-state index in [0.29, 0.717) is 13.2 Å². The lowest BCUT2D eigenvalue weighted by molar-refractivity contribution is 0.171. The number of nitrogens with zero attached hydrogens (tertiary/aromatic N) is 2. The molecule has 1 N–H and O–H groups in total. The minimum atomic E-state index is 0.578. The summed E-state index contributed by atoms with van der Waals surface area (Å²) >= 11 is 11.9. The average Bonchev–Trinajstić information content (AvgIpc) is 2.70. The molecule has 0 aliphatic carbocycles. The molecule has 1 saturated heterocycles. The van der Waals surface area contributed by atoms with Crippen molar-refractivity contribution in [2.45, 2.75) is 6.54 Å². The van der Waals surface area contributed by atoms with Crippen LogP contribution in [0, 0.1) is 0 Å². The number of fused-ring (bicyclic) bond motifs is 1. The van der Waals surface area contributed by atoms with Gasteiger partial charge in [0.2, 0.25) is 0 Å². The lowest BCUT2D eigenvalue weighted by Crippen LogP contribution is -2.49. The molecule has 27 heavy (non-hydrogen) atoms. The van der Waals surface area contributed by atoms with Gasteiger partial charge >= 0.3 is 0 Å². The van der Waals surface area contributed by atoms with Crippen molar-refractivity contribution in [1.29, 1.82) is 0 Å². The number of hydrogen-bond acceptors (Lipinski definition) is 4. The van der Waals surface area contributed by atoms with Gasteiger partial charge in [0.05, 0.1) is 0 Å². The van der Waals surface area contributed by atoms with Crippen molar-refractivity contribution in [3.05, 3.63) is 53.1 Å². The molecular weight excluding hydrogens is 382 g/mol. The van der Waals surface area contributed by atoms with Gasteiger partial charge in [-0.1, -0.05) is 29.8 Å². The second-order valence-electron chi connectivity index (χ2n) is 6.64. The first-order chi connectivity index (χ1) is 13.2. The minimum absolute atomic E-state index is 0.578. The second-order valence-corrected chi connectivity index (χ2v) is 7.44. The van der Waals surface area contributed by atoms with Crippen molar-refractivity contribution in [2.24, 2.45) is 0 Å². The van der Waals surface area contributed by atoms with Gasteiger partial charge in [0.25, 0.3) is 0 Å². The summed E-state index contributed by atoms with van der Waals surface area (Å²) in [7, 11) is 0. The highest BCUT2D eigenvalue weighted by molar-refractivity contribution is 7.80. The SMILES string of the molecule is S=C(Nc1ccc2c(c1)OCCO2)N1CCN(Cc2ccccc2Cl)CC1. The van der Waals surface area contributed by atoms with E-state index in [0.717, 1.165) is 60.0 Å². The Kier molecular flexibility index (Phi) is 5.66. The summed E-state index contributed by atoms with van der Waals surface area (Å²) in [5, 5.41) is 4.89. The Morgan fingerprint density at radius 2 is 1.74 bits per heavy atom. The number of rotatable bonds is 3. The van der Waals surface area contributed by atoms with Crippen LogP contribution in [0.2, 0.25) is 5.02 Å². The molecule has 2 aromatic carbocycles. The molecule has 0 atom stereocenters. The Hall–Kier alpha value is -2.02. The van der Waals surface area contributed by atoms with Crippen LogP contribution in [0.3, 0.4) is 0 Å². The van der Waals surface area contributed by atoms with Gasteiger partial charge in [-0.25, -0.2) is 0 Å². The first-order valence-electron chi connectivity index (χ1n) is 9.10. The van der Waals surface area contributed by atoms with E-state index < -0.39 is 0 Å². The second kappa shape index (κ2) is 8.33. The predicted octanol–water partition coefficient (Wildman–Crippen LogP) is 3.63. The van der Waals surface area contributed by atoms with Crippen molar-refractivity contribution in [2.75, 3.05) is 44.7 Å². The average molecular weight is 404 g/mol. The fourth-order valence-corrected chi connectivity index (χ4v) is 3.80. The largest absolute Gasteiger partial charge is 0.486 e. The molecule has 7 heteroatoms. The summed E-state index contributed by atoms with van der Waals surface area (Å²) < 4.78 is 11.2. The zero-order chi connectivity index (χ0) is 18.6. The molecule has 2 heterocycles. The molecule has 0 aromatic heterocycles. The van der Waals surface area contributed by atoms with Crippen LogP contribution in [-0.2, 0) is 6.54 Å². The number of ether oxygens (including phenoxy) is 2. The first kappa shape index (κ1) is 18.3. The van der Waals surface area contributed by atoms with Crippen molar-refractivity contribution in [1.82, 2.24) is 9.80 Å². The summed E-state index contributed by atoms with van der Waals surface area (Å²) in [5.74, 6) is 1.55. The lowest BCUT2D eigenvalue weighted by atomic mass is 10.2. The molecule has 4 rings (SSSR count). The van der Waals surface area contributed by atoms with Gasteiger partial charge < -0.3 is 19.7 Å². The Morgan fingerprint density at radius 3 is 2.52 bits per heavy atom. The van der Waals surface area contributed by atoms with E-state index in [9.17, 15) is 0 Å². The van der Waals surface area contributed by atoms with Crippen LogP contribution in [0.5, 0.6) is 11.5 Å². The standard InChI is InChI=1S/C20H22ClN3O2S/c21-17-4-2-1-3-15(17)14-23-7-9-24(10-8-23)20(27)22-16-5-6-18-19(13-16)26-12-11-25-18/h1-6,13H,7-12,14H2,(H,22,27). The number of anilines is 1. The molecule has 0 unspecified atom stereocenters. The van der Waals surface area contributed by atoms with Crippen LogP contribution in [0.25, 0.3) is 0 Å². The van der Waals surface area contributed by atoms with Crippen LogP contribution < -0.4 is 14.8 Å². The molecule has 0 spiro atoms. The van der Waals surface area contributed by atoms with E-state index >= 15 is 0 Å². The summed E-state index contributed by atoms with van der Waals surface area (Å²) in [4.78, 5) is 4.61. The molecule has 0 radical (unpaired) electrons. The molecule has 142 valence electrons. The number of piperazine rings is 1. The van der Waals surface area contributed by atoms with Gasteiger partial charge in [0, 0.05) is 49.5 Å². The van der Waals surface area contributed by atoms with Crippen molar-refractivity contribution in [3.8, 4) is 11.5 Å². The number of benzene rings is 2. The van der Waals surface area contributed by atoms with E-state index in [-0.39, 0.29) is 0 Å². The molecule has 2 aromatic rings. The van der Waals surface area contributed by atoms with E-state index in [2.05, 4.69) is 21.2 Å². The summed E-state index contributed by atoms with van der Waals surface area (Å²) in [6.45, 7) is 5.73. The van der Waals surface area contributed by atoms with E-state index in [1.165, 1.54) is 5.56 Å². The third-order valence-corrected chi connectivity index (χ3v) is 5.53. The molecule has 0 bridgehead atoms. The van der Waals surface area contributed by atoms with Crippen LogP contribution in [0.1, 0.15) is 5.56 Å². The minimum Gasteiger partial charge on any atom is -0.486 e. The van der Waals surface area contributed by atoms with Gasteiger partial charge in [-0.2, -0.15) is 0 Å². The summed E-state index contributed by atoms with van der Waals surface area (Å²) in [5.41, 5.74) is 2.09. The molecular formula is C20H22ClN3O2S. The molecule has 0 amide bonds.